The third-order valence-corrected chi connectivity index (χ3v) is 1.49. The lowest BCUT2D eigenvalue weighted by Crippen LogP contribution is -2.26. The van der Waals surface area contributed by atoms with Gasteiger partial charge in [0.05, 0.1) is 0 Å². The van der Waals surface area contributed by atoms with E-state index in [0.717, 1.165) is 12.8 Å². The van der Waals surface area contributed by atoms with Crippen molar-refractivity contribution in [1.29, 1.82) is 0 Å². The molecule has 0 aliphatic heterocycles. The van der Waals surface area contributed by atoms with E-state index in [1.165, 1.54) is 0 Å². The van der Waals surface area contributed by atoms with Crippen LogP contribution in [0.25, 0.3) is 0 Å². The molecule has 1 aliphatic rings. The minimum absolute atomic E-state index is 0.218. The van der Waals surface area contributed by atoms with Gasteiger partial charge in [0, 0.05) is 5.92 Å². The molecule has 0 bridgehead atoms. The van der Waals surface area contributed by atoms with Gasteiger partial charge in [0.1, 0.15) is 6.23 Å². The molecular formula is C6H11NO. The molecule has 2 nitrogen and oxygen atoms in total. The molecular weight excluding hydrogens is 102 g/mol. The Kier molecular flexibility index (Phi) is 1.65. The first kappa shape index (κ1) is 5.79. The Balaban J connectivity index is 2.36. The van der Waals surface area contributed by atoms with E-state index in [0.29, 0.717) is 0 Å². The molecule has 0 aromatic rings. The number of rotatable bonds is 1. The van der Waals surface area contributed by atoms with Crippen LogP contribution in [0.2, 0.25) is 0 Å². The van der Waals surface area contributed by atoms with Crippen molar-refractivity contribution in [1.82, 2.24) is 0 Å². The largest absolute Gasteiger partial charge is 0.378 e. The van der Waals surface area contributed by atoms with E-state index in [1.807, 2.05) is 6.08 Å². The van der Waals surface area contributed by atoms with E-state index in [2.05, 4.69) is 6.08 Å². The standard InChI is InChI=1S/C6H11NO/c7-6(8)5-3-1-2-4-5/h1,3,5-6,8H,2,4,7H2. The van der Waals surface area contributed by atoms with Crippen molar-refractivity contribution in [3.05, 3.63) is 12.2 Å². The summed E-state index contributed by atoms with van der Waals surface area (Å²) in [6.07, 6.45) is 5.47. The highest BCUT2D eigenvalue weighted by molar-refractivity contribution is 4.97. The highest BCUT2D eigenvalue weighted by Gasteiger charge is 2.13. The summed E-state index contributed by atoms with van der Waals surface area (Å²) >= 11 is 0. The van der Waals surface area contributed by atoms with Crippen molar-refractivity contribution in [3.63, 3.8) is 0 Å². The molecule has 0 saturated heterocycles. The fourth-order valence-electron chi connectivity index (χ4n) is 0.941. The summed E-state index contributed by atoms with van der Waals surface area (Å²) in [4.78, 5) is 0. The highest BCUT2D eigenvalue weighted by Crippen LogP contribution is 2.17. The van der Waals surface area contributed by atoms with Gasteiger partial charge < -0.3 is 10.8 Å². The van der Waals surface area contributed by atoms with E-state index < -0.39 is 6.23 Å². The lowest BCUT2D eigenvalue weighted by atomic mass is 10.1. The Morgan fingerprint density at radius 1 is 1.75 bits per heavy atom. The van der Waals surface area contributed by atoms with Gasteiger partial charge in [-0.15, -0.1) is 0 Å². The van der Waals surface area contributed by atoms with Gasteiger partial charge in [0.25, 0.3) is 0 Å². The summed E-state index contributed by atoms with van der Waals surface area (Å²) in [7, 11) is 0. The van der Waals surface area contributed by atoms with Crippen molar-refractivity contribution in [2.45, 2.75) is 19.1 Å². The second-order valence-corrected chi connectivity index (χ2v) is 2.16. The van der Waals surface area contributed by atoms with Gasteiger partial charge in [0.15, 0.2) is 0 Å². The number of aliphatic hydroxyl groups excluding tert-OH is 1. The maximum absolute atomic E-state index is 8.78. The molecule has 0 aromatic heterocycles. The quantitative estimate of drug-likeness (QED) is 0.377. The second-order valence-electron chi connectivity index (χ2n) is 2.16. The van der Waals surface area contributed by atoms with Gasteiger partial charge in [0.2, 0.25) is 0 Å². The van der Waals surface area contributed by atoms with Gasteiger partial charge >= 0.3 is 0 Å². The Morgan fingerprint density at radius 2 is 2.50 bits per heavy atom. The Labute approximate surface area is 49.0 Å². The van der Waals surface area contributed by atoms with Crippen LogP contribution < -0.4 is 5.73 Å². The van der Waals surface area contributed by atoms with E-state index in [1.54, 1.807) is 0 Å². The molecule has 2 unspecified atom stereocenters. The van der Waals surface area contributed by atoms with Gasteiger partial charge in [-0.05, 0) is 12.8 Å². The molecule has 3 N–H and O–H groups in total. The Morgan fingerprint density at radius 3 is 2.75 bits per heavy atom. The van der Waals surface area contributed by atoms with E-state index >= 15 is 0 Å². The average Bonchev–Trinajstić information content (AvgIpc) is 2.12. The van der Waals surface area contributed by atoms with Gasteiger partial charge in [-0.2, -0.15) is 0 Å². The fourth-order valence-corrected chi connectivity index (χ4v) is 0.941. The zero-order chi connectivity index (χ0) is 5.98. The predicted octanol–water partition coefficient (Wildman–Crippen LogP) is 0.230. The summed E-state index contributed by atoms with van der Waals surface area (Å²) in [6.45, 7) is 0. The van der Waals surface area contributed by atoms with Crippen molar-refractivity contribution >= 4 is 0 Å². The van der Waals surface area contributed by atoms with Crippen LogP contribution in [0.4, 0.5) is 0 Å². The third kappa shape index (κ3) is 1.08. The first-order chi connectivity index (χ1) is 3.80. The molecule has 8 heavy (non-hydrogen) atoms. The SMILES string of the molecule is NC(O)C1C=CCC1. The van der Waals surface area contributed by atoms with Crippen molar-refractivity contribution in [2.24, 2.45) is 11.7 Å². The Bertz CT molecular complexity index is 98.7. The average molecular weight is 113 g/mol. The summed E-state index contributed by atoms with van der Waals surface area (Å²) in [5, 5.41) is 8.78. The number of hydrogen-bond acceptors (Lipinski definition) is 2. The molecule has 0 spiro atoms. The van der Waals surface area contributed by atoms with Gasteiger partial charge in [-0.25, -0.2) is 0 Å². The van der Waals surface area contributed by atoms with Gasteiger partial charge in [-0.3, -0.25) is 0 Å². The van der Waals surface area contributed by atoms with Gasteiger partial charge in [-0.1, -0.05) is 12.2 Å². The molecule has 0 aromatic carbocycles. The summed E-state index contributed by atoms with van der Waals surface area (Å²) in [5.74, 6) is 0.218. The number of nitrogens with two attached hydrogens (primary N) is 1. The van der Waals surface area contributed by atoms with E-state index in [4.69, 9.17) is 10.8 Å². The van der Waals surface area contributed by atoms with Crippen LogP contribution in [0.5, 0.6) is 0 Å². The molecule has 0 saturated carbocycles. The normalized spacial score (nSPS) is 31.0. The topological polar surface area (TPSA) is 46.2 Å². The van der Waals surface area contributed by atoms with Crippen molar-refractivity contribution < 1.29 is 5.11 Å². The lowest BCUT2D eigenvalue weighted by Gasteiger charge is -2.08. The molecule has 0 heterocycles. The zero-order valence-corrected chi connectivity index (χ0v) is 4.75. The van der Waals surface area contributed by atoms with Crippen LogP contribution in [0.1, 0.15) is 12.8 Å². The van der Waals surface area contributed by atoms with Crippen LogP contribution in [-0.2, 0) is 0 Å². The molecule has 0 radical (unpaired) electrons. The molecule has 0 amide bonds. The van der Waals surface area contributed by atoms with E-state index in [9.17, 15) is 0 Å². The minimum atomic E-state index is -0.645. The first-order valence-electron chi connectivity index (χ1n) is 2.91. The molecule has 1 aliphatic carbocycles. The summed E-state index contributed by atoms with van der Waals surface area (Å²) in [6, 6.07) is 0. The van der Waals surface area contributed by atoms with Crippen LogP contribution in [0, 0.1) is 5.92 Å². The van der Waals surface area contributed by atoms with Crippen LogP contribution in [0.3, 0.4) is 0 Å². The minimum Gasteiger partial charge on any atom is -0.378 e. The first-order valence-corrected chi connectivity index (χ1v) is 2.91. The zero-order valence-electron chi connectivity index (χ0n) is 4.75. The maximum Gasteiger partial charge on any atom is 0.108 e. The highest BCUT2D eigenvalue weighted by atomic mass is 16.3. The molecule has 46 valence electrons. The lowest BCUT2D eigenvalue weighted by molar-refractivity contribution is 0.136. The monoisotopic (exact) mass is 113 g/mol. The predicted molar refractivity (Wildman–Crippen MR) is 32.1 cm³/mol. The Hall–Kier alpha value is -0.340. The molecule has 1 rings (SSSR count). The van der Waals surface area contributed by atoms with Crippen LogP contribution in [0.15, 0.2) is 12.2 Å². The van der Waals surface area contributed by atoms with Crippen molar-refractivity contribution in [3.8, 4) is 0 Å². The molecule has 0 fully saturated rings. The molecule has 2 atom stereocenters. The summed E-state index contributed by atoms with van der Waals surface area (Å²) < 4.78 is 0. The number of allylic oxidation sites excluding steroid dienone is 1. The fraction of sp³-hybridized carbons (Fsp3) is 0.667. The summed E-state index contributed by atoms with van der Waals surface area (Å²) in [5.41, 5.74) is 5.20. The van der Waals surface area contributed by atoms with Crippen molar-refractivity contribution in [2.75, 3.05) is 0 Å². The molecule has 2 heteroatoms. The van der Waals surface area contributed by atoms with Crippen LogP contribution >= 0.6 is 0 Å². The maximum atomic E-state index is 8.78. The second kappa shape index (κ2) is 2.29. The third-order valence-electron chi connectivity index (χ3n) is 1.49. The number of aliphatic hydroxyl groups is 1. The van der Waals surface area contributed by atoms with E-state index in [-0.39, 0.29) is 5.92 Å². The van der Waals surface area contributed by atoms with Crippen LogP contribution in [-0.4, -0.2) is 11.3 Å². The number of hydrogen-bond donors (Lipinski definition) is 2. The smallest absolute Gasteiger partial charge is 0.108 e.